The van der Waals surface area contributed by atoms with Crippen LogP contribution in [0.1, 0.15) is 30.4 Å². The number of nitrogens with one attached hydrogen (secondary N) is 1. The van der Waals surface area contributed by atoms with E-state index in [1.165, 1.54) is 0 Å². The molecule has 2 atom stereocenters. The maximum Gasteiger partial charge on any atom is 0.407 e. The number of carbonyl (C=O) groups excluding carboxylic acids is 1. The predicted octanol–water partition coefficient (Wildman–Crippen LogP) is 3.81. The van der Waals surface area contributed by atoms with Gasteiger partial charge in [-0.15, -0.1) is 0 Å². The largest absolute Gasteiger partial charge is 0.481 e. The fourth-order valence-corrected chi connectivity index (χ4v) is 2.82. The van der Waals surface area contributed by atoms with Gasteiger partial charge in [-0.3, -0.25) is 4.79 Å². The summed E-state index contributed by atoms with van der Waals surface area (Å²) in [6.07, 6.45) is 0.0554. The normalized spacial score (nSPS) is 12.8. The van der Waals surface area contributed by atoms with Crippen LogP contribution in [0.25, 0.3) is 0 Å². The molecule has 2 rings (SSSR count). The number of ether oxygens (including phenoxy) is 1. The molecule has 0 saturated carbocycles. The van der Waals surface area contributed by atoms with Gasteiger partial charge in [0.2, 0.25) is 0 Å². The van der Waals surface area contributed by atoms with Crippen molar-refractivity contribution in [1.29, 1.82) is 0 Å². The summed E-state index contributed by atoms with van der Waals surface area (Å²) >= 11 is 0. The molecule has 0 aliphatic rings. The molecule has 1 amide bonds. The number of benzene rings is 2. The highest BCUT2D eigenvalue weighted by molar-refractivity contribution is 5.73. The molecule has 132 valence electrons. The van der Waals surface area contributed by atoms with Gasteiger partial charge in [0, 0.05) is 6.54 Å². The highest BCUT2D eigenvalue weighted by atomic mass is 16.5. The Labute approximate surface area is 147 Å². The van der Waals surface area contributed by atoms with Gasteiger partial charge in [-0.1, -0.05) is 67.6 Å². The molecule has 2 unspecified atom stereocenters. The molecule has 0 aliphatic heterocycles. The fourth-order valence-electron chi connectivity index (χ4n) is 2.82. The monoisotopic (exact) mass is 341 g/mol. The van der Waals surface area contributed by atoms with E-state index in [1.54, 1.807) is 0 Å². The quantitative estimate of drug-likeness (QED) is 0.765. The van der Waals surface area contributed by atoms with Crippen LogP contribution in [-0.2, 0) is 16.1 Å². The van der Waals surface area contributed by atoms with E-state index in [-0.39, 0.29) is 19.1 Å². The second-order valence-electron chi connectivity index (χ2n) is 5.81. The van der Waals surface area contributed by atoms with Crippen molar-refractivity contribution in [2.75, 3.05) is 6.54 Å². The van der Waals surface area contributed by atoms with Gasteiger partial charge in [-0.2, -0.15) is 0 Å². The molecular formula is C20H23NO4. The average molecular weight is 341 g/mol. The predicted molar refractivity (Wildman–Crippen MR) is 95.2 cm³/mol. The minimum atomic E-state index is -0.931. The summed E-state index contributed by atoms with van der Waals surface area (Å²) in [7, 11) is 0. The van der Waals surface area contributed by atoms with Crippen LogP contribution >= 0.6 is 0 Å². The molecule has 0 saturated heterocycles. The molecule has 0 heterocycles. The summed E-state index contributed by atoms with van der Waals surface area (Å²) in [5.41, 5.74) is 1.83. The highest BCUT2D eigenvalue weighted by Crippen LogP contribution is 2.28. The first-order valence-electron chi connectivity index (χ1n) is 8.34. The lowest BCUT2D eigenvalue weighted by atomic mass is 9.84. The number of carbonyl (C=O) groups is 2. The number of hydrogen-bond donors (Lipinski definition) is 2. The molecule has 0 radical (unpaired) electrons. The lowest BCUT2D eigenvalue weighted by Crippen LogP contribution is -2.36. The van der Waals surface area contributed by atoms with Crippen molar-refractivity contribution < 1.29 is 19.4 Å². The van der Waals surface area contributed by atoms with E-state index in [1.807, 2.05) is 67.6 Å². The number of hydrogen-bond acceptors (Lipinski definition) is 3. The van der Waals surface area contributed by atoms with Gasteiger partial charge in [-0.05, 0) is 23.5 Å². The van der Waals surface area contributed by atoms with Crippen LogP contribution in [0.4, 0.5) is 4.79 Å². The van der Waals surface area contributed by atoms with Crippen molar-refractivity contribution >= 4 is 12.1 Å². The lowest BCUT2D eigenvalue weighted by Gasteiger charge is -2.23. The molecule has 0 spiro atoms. The summed E-state index contributed by atoms with van der Waals surface area (Å²) < 4.78 is 5.13. The standard InChI is InChI=1S/C20H23NO4/c1-2-17(16-11-7-4-8-12-16)18(19(22)23)13-21-20(24)25-14-15-9-5-3-6-10-15/h3-12,17-18H,2,13-14H2,1H3,(H,21,24)(H,22,23). The first-order valence-corrected chi connectivity index (χ1v) is 8.34. The second-order valence-corrected chi connectivity index (χ2v) is 5.81. The Balaban J connectivity index is 1.92. The van der Waals surface area contributed by atoms with Crippen LogP contribution in [0.5, 0.6) is 0 Å². The number of amides is 1. The van der Waals surface area contributed by atoms with Crippen molar-refractivity contribution in [1.82, 2.24) is 5.32 Å². The van der Waals surface area contributed by atoms with E-state index in [9.17, 15) is 14.7 Å². The van der Waals surface area contributed by atoms with Crippen molar-refractivity contribution in [2.24, 2.45) is 5.92 Å². The average Bonchev–Trinajstić information content (AvgIpc) is 2.64. The Morgan fingerprint density at radius 3 is 2.20 bits per heavy atom. The summed E-state index contributed by atoms with van der Waals surface area (Å²) in [6.45, 7) is 2.12. The molecular weight excluding hydrogens is 318 g/mol. The smallest absolute Gasteiger partial charge is 0.407 e. The molecule has 0 aliphatic carbocycles. The van der Waals surface area contributed by atoms with E-state index in [2.05, 4.69) is 5.32 Å². The third-order valence-corrected chi connectivity index (χ3v) is 4.15. The van der Waals surface area contributed by atoms with Crippen molar-refractivity contribution in [3.63, 3.8) is 0 Å². The van der Waals surface area contributed by atoms with Crippen LogP contribution in [0.3, 0.4) is 0 Å². The molecule has 2 aromatic rings. The fraction of sp³-hybridized carbons (Fsp3) is 0.300. The Morgan fingerprint density at radius 1 is 1.04 bits per heavy atom. The molecule has 5 heteroatoms. The highest BCUT2D eigenvalue weighted by Gasteiger charge is 2.28. The number of carboxylic acid groups (broad SMARTS) is 1. The van der Waals surface area contributed by atoms with Gasteiger partial charge < -0.3 is 15.2 Å². The van der Waals surface area contributed by atoms with Gasteiger partial charge in [0.25, 0.3) is 0 Å². The van der Waals surface area contributed by atoms with Gasteiger partial charge in [0.15, 0.2) is 0 Å². The maximum atomic E-state index is 11.9. The number of alkyl carbamates (subject to hydrolysis) is 1. The van der Waals surface area contributed by atoms with Crippen LogP contribution < -0.4 is 5.32 Å². The molecule has 0 aromatic heterocycles. The van der Waals surface area contributed by atoms with E-state index < -0.39 is 18.0 Å². The molecule has 0 fully saturated rings. The van der Waals surface area contributed by atoms with E-state index >= 15 is 0 Å². The first kappa shape index (κ1) is 18.5. The number of rotatable bonds is 8. The third kappa shape index (κ3) is 5.64. The zero-order chi connectivity index (χ0) is 18.1. The molecule has 5 nitrogen and oxygen atoms in total. The summed E-state index contributed by atoms with van der Waals surface area (Å²) in [6, 6.07) is 18.8. The Bertz CT molecular complexity index is 673. The van der Waals surface area contributed by atoms with Crippen molar-refractivity contribution in [3.05, 3.63) is 71.8 Å². The van der Waals surface area contributed by atoms with Gasteiger partial charge in [0.05, 0.1) is 5.92 Å². The van der Waals surface area contributed by atoms with Gasteiger partial charge in [0.1, 0.15) is 6.61 Å². The minimum absolute atomic E-state index is 0.0242. The number of carboxylic acids is 1. The molecule has 2 aromatic carbocycles. The van der Waals surface area contributed by atoms with Crippen LogP contribution in [0.2, 0.25) is 0 Å². The van der Waals surface area contributed by atoms with Gasteiger partial charge >= 0.3 is 12.1 Å². The van der Waals surface area contributed by atoms with E-state index in [4.69, 9.17) is 4.74 Å². The zero-order valence-corrected chi connectivity index (χ0v) is 14.2. The third-order valence-electron chi connectivity index (χ3n) is 4.15. The number of aliphatic carboxylic acids is 1. The Morgan fingerprint density at radius 2 is 1.64 bits per heavy atom. The SMILES string of the molecule is CCC(c1ccccc1)C(CNC(=O)OCc1ccccc1)C(=O)O. The Hall–Kier alpha value is -2.82. The van der Waals surface area contributed by atoms with Crippen molar-refractivity contribution in [2.45, 2.75) is 25.9 Å². The van der Waals surface area contributed by atoms with E-state index in [0.29, 0.717) is 6.42 Å². The zero-order valence-electron chi connectivity index (χ0n) is 14.2. The van der Waals surface area contributed by atoms with Crippen LogP contribution in [0, 0.1) is 5.92 Å². The summed E-state index contributed by atoms with van der Waals surface area (Å²) in [5, 5.41) is 12.1. The second kappa shape index (κ2) is 9.47. The first-order chi connectivity index (χ1) is 12.1. The van der Waals surface area contributed by atoms with Crippen molar-refractivity contribution in [3.8, 4) is 0 Å². The molecule has 2 N–H and O–H groups in total. The topological polar surface area (TPSA) is 75.6 Å². The van der Waals surface area contributed by atoms with Gasteiger partial charge in [-0.25, -0.2) is 4.79 Å². The Kier molecular flexibility index (Phi) is 7.01. The summed E-state index contributed by atoms with van der Waals surface area (Å²) in [4.78, 5) is 23.5. The van der Waals surface area contributed by atoms with E-state index in [0.717, 1.165) is 11.1 Å². The lowest BCUT2D eigenvalue weighted by molar-refractivity contribution is -0.142. The minimum Gasteiger partial charge on any atom is -0.481 e. The molecule has 25 heavy (non-hydrogen) atoms. The maximum absolute atomic E-state index is 11.9. The molecule has 0 bridgehead atoms. The van der Waals surface area contributed by atoms with Crippen LogP contribution in [0.15, 0.2) is 60.7 Å². The summed E-state index contributed by atoms with van der Waals surface area (Å²) in [5.74, 6) is -1.82. The van der Waals surface area contributed by atoms with Crippen LogP contribution in [-0.4, -0.2) is 23.7 Å².